The van der Waals surface area contributed by atoms with Crippen molar-refractivity contribution in [2.45, 2.75) is 26.8 Å². The van der Waals surface area contributed by atoms with Gasteiger partial charge >= 0.3 is 0 Å². The van der Waals surface area contributed by atoms with Crippen molar-refractivity contribution in [2.75, 3.05) is 5.32 Å². The third kappa shape index (κ3) is 3.18. The zero-order valence-corrected chi connectivity index (χ0v) is 12.2. The molecule has 0 radical (unpaired) electrons. The second-order valence-corrected chi connectivity index (χ2v) is 5.12. The molecule has 2 aromatic rings. The molecule has 0 aliphatic heterocycles. The Balaban J connectivity index is 2.38. The molecule has 4 nitrogen and oxygen atoms in total. The summed E-state index contributed by atoms with van der Waals surface area (Å²) in [6, 6.07) is 9.59. The van der Waals surface area contributed by atoms with Gasteiger partial charge in [-0.3, -0.25) is 10.1 Å². The van der Waals surface area contributed by atoms with Crippen molar-refractivity contribution in [1.82, 2.24) is 0 Å². The molecule has 21 heavy (non-hydrogen) atoms. The number of rotatable bonds is 4. The molecule has 0 amide bonds. The summed E-state index contributed by atoms with van der Waals surface area (Å²) in [5, 5.41) is 13.9. The maximum absolute atomic E-state index is 13.9. The van der Waals surface area contributed by atoms with Crippen molar-refractivity contribution in [2.24, 2.45) is 0 Å². The highest BCUT2D eigenvalue weighted by Gasteiger charge is 2.20. The Bertz CT molecular complexity index is 686. The first-order valence-corrected chi connectivity index (χ1v) is 6.66. The first-order valence-electron chi connectivity index (χ1n) is 6.66. The SMILES string of the molecule is Cc1ccc(C)c(C(C)Nc2c(F)cccc2[N+](=O)[O-])c1. The fourth-order valence-electron chi connectivity index (χ4n) is 2.33. The van der Waals surface area contributed by atoms with Crippen LogP contribution in [-0.4, -0.2) is 4.92 Å². The highest BCUT2D eigenvalue weighted by atomic mass is 19.1. The number of hydrogen-bond acceptors (Lipinski definition) is 3. The number of nitro groups is 1. The standard InChI is InChI=1S/C16H17FN2O2/c1-10-7-8-11(2)13(9-10)12(3)18-16-14(17)5-4-6-15(16)19(20)21/h4-9,12,18H,1-3H3. The zero-order chi connectivity index (χ0) is 15.6. The van der Waals surface area contributed by atoms with E-state index >= 15 is 0 Å². The number of para-hydroxylation sites is 1. The highest BCUT2D eigenvalue weighted by Crippen LogP contribution is 2.31. The van der Waals surface area contributed by atoms with E-state index in [9.17, 15) is 14.5 Å². The van der Waals surface area contributed by atoms with Crippen LogP contribution >= 0.6 is 0 Å². The molecule has 0 bridgehead atoms. The van der Waals surface area contributed by atoms with Crippen LogP contribution in [0.4, 0.5) is 15.8 Å². The molecular weight excluding hydrogens is 271 g/mol. The van der Waals surface area contributed by atoms with E-state index in [1.807, 2.05) is 39.0 Å². The van der Waals surface area contributed by atoms with E-state index in [-0.39, 0.29) is 17.4 Å². The summed E-state index contributed by atoms with van der Waals surface area (Å²) in [5.74, 6) is -0.624. The van der Waals surface area contributed by atoms with Crippen molar-refractivity contribution in [3.63, 3.8) is 0 Å². The van der Waals surface area contributed by atoms with Crippen molar-refractivity contribution in [1.29, 1.82) is 0 Å². The van der Waals surface area contributed by atoms with Gasteiger partial charge in [0.05, 0.1) is 4.92 Å². The van der Waals surface area contributed by atoms with Gasteiger partial charge in [-0.2, -0.15) is 0 Å². The Labute approximate surface area is 122 Å². The van der Waals surface area contributed by atoms with Gasteiger partial charge in [-0.05, 0) is 38.0 Å². The predicted molar refractivity (Wildman–Crippen MR) is 81.0 cm³/mol. The largest absolute Gasteiger partial charge is 0.371 e. The Kier molecular flexibility index (Phi) is 4.21. The number of anilines is 1. The van der Waals surface area contributed by atoms with Crippen LogP contribution in [0.5, 0.6) is 0 Å². The second kappa shape index (κ2) is 5.91. The summed E-state index contributed by atoms with van der Waals surface area (Å²) in [4.78, 5) is 10.4. The van der Waals surface area contributed by atoms with Gasteiger partial charge in [0.25, 0.3) is 5.69 Å². The van der Waals surface area contributed by atoms with E-state index in [1.54, 1.807) is 0 Å². The Hall–Kier alpha value is -2.43. The molecule has 2 rings (SSSR count). The van der Waals surface area contributed by atoms with Gasteiger partial charge < -0.3 is 5.32 Å². The molecule has 0 heterocycles. The Morgan fingerprint density at radius 3 is 2.62 bits per heavy atom. The minimum atomic E-state index is -0.624. The molecule has 110 valence electrons. The van der Waals surface area contributed by atoms with Crippen LogP contribution in [0.2, 0.25) is 0 Å². The highest BCUT2D eigenvalue weighted by molar-refractivity contribution is 5.63. The van der Waals surface area contributed by atoms with Crippen LogP contribution in [0.3, 0.4) is 0 Å². The minimum Gasteiger partial charge on any atom is -0.371 e. The lowest BCUT2D eigenvalue weighted by Gasteiger charge is -2.18. The molecule has 0 aromatic heterocycles. The van der Waals surface area contributed by atoms with E-state index in [2.05, 4.69) is 5.32 Å². The molecule has 1 unspecified atom stereocenters. The maximum Gasteiger partial charge on any atom is 0.295 e. The smallest absolute Gasteiger partial charge is 0.295 e. The number of nitrogens with zero attached hydrogens (tertiary/aromatic N) is 1. The minimum absolute atomic E-state index is 0.0732. The van der Waals surface area contributed by atoms with Crippen LogP contribution in [0.25, 0.3) is 0 Å². The van der Waals surface area contributed by atoms with E-state index in [4.69, 9.17) is 0 Å². The summed E-state index contributed by atoms with van der Waals surface area (Å²) in [6.07, 6.45) is 0. The van der Waals surface area contributed by atoms with Crippen LogP contribution in [-0.2, 0) is 0 Å². The average Bonchev–Trinajstić information content (AvgIpc) is 2.43. The lowest BCUT2D eigenvalue weighted by molar-refractivity contribution is -0.384. The molecule has 5 heteroatoms. The quantitative estimate of drug-likeness (QED) is 0.664. The van der Waals surface area contributed by atoms with Gasteiger partial charge in [-0.15, -0.1) is 0 Å². The first kappa shape index (κ1) is 15.0. The third-order valence-electron chi connectivity index (χ3n) is 3.45. The lowest BCUT2D eigenvalue weighted by Crippen LogP contribution is -2.11. The maximum atomic E-state index is 13.9. The van der Waals surface area contributed by atoms with Gasteiger partial charge in [0.1, 0.15) is 5.69 Å². The van der Waals surface area contributed by atoms with Gasteiger partial charge in [0.15, 0.2) is 5.82 Å². The molecule has 1 N–H and O–H groups in total. The number of nitrogens with one attached hydrogen (secondary N) is 1. The molecule has 0 aliphatic rings. The fourth-order valence-corrected chi connectivity index (χ4v) is 2.33. The second-order valence-electron chi connectivity index (χ2n) is 5.12. The van der Waals surface area contributed by atoms with E-state index < -0.39 is 10.7 Å². The van der Waals surface area contributed by atoms with E-state index in [0.29, 0.717) is 0 Å². The third-order valence-corrected chi connectivity index (χ3v) is 3.45. The fraction of sp³-hybridized carbons (Fsp3) is 0.250. The molecule has 0 spiro atoms. The van der Waals surface area contributed by atoms with Crippen molar-refractivity contribution >= 4 is 11.4 Å². The summed E-state index contributed by atoms with van der Waals surface area (Å²) < 4.78 is 13.9. The molecule has 0 saturated heterocycles. The number of nitro benzene ring substituents is 1. The summed E-state index contributed by atoms with van der Waals surface area (Å²) in [5.41, 5.74) is 2.81. The Morgan fingerprint density at radius 2 is 1.95 bits per heavy atom. The van der Waals surface area contributed by atoms with Crippen LogP contribution in [0, 0.1) is 29.8 Å². The monoisotopic (exact) mass is 288 g/mol. The van der Waals surface area contributed by atoms with Crippen molar-refractivity contribution < 1.29 is 9.31 Å². The van der Waals surface area contributed by atoms with Crippen molar-refractivity contribution in [3.05, 3.63) is 69.0 Å². The number of benzene rings is 2. The summed E-state index contributed by atoms with van der Waals surface area (Å²) >= 11 is 0. The number of hydrogen-bond donors (Lipinski definition) is 1. The van der Waals surface area contributed by atoms with Crippen LogP contribution < -0.4 is 5.32 Å². The molecule has 0 fully saturated rings. The summed E-state index contributed by atoms with van der Waals surface area (Å²) in [6.45, 7) is 5.79. The number of aryl methyl sites for hydroxylation is 2. The average molecular weight is 288 g/mol. The van der Waals surface area contributed by atoms with Crippen LogP contribution in [0.1, 0.15) is 29.7 Å². The Morgan fingerprint density at radius 1 is 1.24 bits per heavy atom. The lowest BCUT2D eigenvalue weighted by atomic mass is 9.99. The first-order chi connectivity index (χ1) is 9.90. The molecule has 1 atom stereocenters. The molecule has 2 aromatic carbocycles. The number of halogens is 1. The predicted octanol–water partition coefficient (Wildman–Crippen LogP) is 4.52. The normalized spacial score (nSPS) is 12.0. The van der Waals surface area contributed by atoms with Crippen LogP contribution in [0.15, 0.2) is 36.4 Å². The van der Waals surface area contributed by atoms with Crippen molar-refractivity contribution in [3.8, 4) is 0 Å². The molecule has 0 aliphatic carbocycles. The van der Waals surface area contributed by atoms with E-state index in [1.165, 1.54) is 18.2 Å². The van der Waals surface area contributed by atoms with Gasteiger partial charge in [0.2, 0.25) is 0 Å². The van der Waals surface area contributed by atoms with Gasteiger partial charge in [-0.25, -0.2) is 4.39 Å². The summed E-state index contributed by atoms with van der Waals surface area (Å²) in [7, 11) is 0. The molecular formula is C16H17FN2O2. The zero-order valence-electron chi connectivity index (χ0n) is 12.2. The van der Waals surface area contributed by atoms with Gasteiger partial charge in [0, 0.05) is 12.1 Å². The molecule has 0 saturated carbocycles. The van der Waals surface area contributed by atoms with E-state index in [0.717, 1.165) is 16.7 Å². The topological polar surface area (TPSA) is 55.2 Å². The van der Waals surface area contributed by atoms with Gasteiger partial charge in [-0.1, -0.05) is 29.8 Å².